The topological polar surface area (TPSA) is 96.5 Å². The van der Waals surface area contributed by atoms with Gasteiger partial charge in [-0.05, 0) is 44.0 Å². The minimum absolute atomic E-state index is 0.0774. The number of nitrogens with one attached hydrogen (secondary N) is 3. The minimum Gasteiger partial charge on any atom is -0.481 e. The molecular weight excluding hydrogens is 354 g/mol. The van der Waals surface area contributed by atoms with Crippen LogP contribution in [0.15, 0.2) is 28.7 Å². The van der Waals surface area contributed by atoms with E-state index >= 15 is 0 Å². The van der Waals surface area contributed by atoms with Gasteiger partial charge in [0.15, 0.2) is 6.10 Å². The largest absolute Gasteiger partial charge is 0.481 e. The van der Waals surface area contributed by atoms with Gasteiger partial charge in [0.05, 0.1) is 0 Å². The van der Waals surface area contributed by atoms with Crippen molar-refractivity contribution in [1.29, 1.82) is 0 Å². The van der Waals surface area contributed by atoms with Crippen molar-refractivity contribution in [2.75, 3.05) is 0 Å². The van der Waals surface area contributed by atoms with E-state index in [2.05, 4.69) is 32.1 Å². The molecule has 118 valence electrons. The quantitative estimate of drug-likeness (QED) is 0.536. The Morgan fingerprint density at radius 2 is 1.77 bits per heavy atom. The monoisotopic (exact) mass is 369 g/mol. The molecule has 0 saturated heterocycles. The van der Waals surface area contributed by atoms with Crippen molar-refractivity contribution in [1.82, 2.24) is 16.2 Å². The third kappa shape index (κ3) is 5.03. The van der Waals surface area contributed by atoms with Gasteiger partial charge >= 0.3 is 11.8 Å². The van der Waals surface area contributed by atoms with Crippen molar-refractivity contribution in [3.05, 3.63) is 28.7 Å². The first kappa shape index (κ1) is 16.3. The molecule has 0 aromatic heterocycles. The zero-order valence-corrected chi connectivity index (χ0v) is 13.5. The van der Waals surface area contributed by atoms with Crippen molar-refractivity contribution < 1.29 is 19.1 Å². The highest BCUT2D eigenvalue weighted by molar-refractivity contribution is 9.10. The summed E-state index contributed by atoms with van der Waals surface area (Å²) in [6.07, 6.45) is 0.931. The number of halogens is 1. The summed E-state index contributed by atoms with van der Waals surface area (Å²) in [5, 5.41) is 2.51. The van der Waals surface area contributed by atoms with Crippen LogP contribution in [0.3, 0.4) is 0 Å². The number of carbonyl (C=O) groups excluding carboxylic acids is 3. The van der Waals surface area contributed by atoms with Crippen molar-refractivity contribution in [2.24, 2.45) is 0 Å². The second-order valence-electron chi connectivity index (χ2n) is 4.91. The summed E-state index contributed by atoms with van der Waals surface area (Å²) >= 11 is 3.30. The molecule has 0 unspecified atom stereocenters. The van der Waals surface area contributed by atoms with Crippen LogP contribution in [0.4, 0.5) is 0 Å². The second kappa shape index (κ2) is 7.26. The van der Waals surface area contributed by atoms with E-state index in [0.717, 1.165) is 17.3 Å². The molecule has 22 heavy (non-hydrogen) atoms. The molecular formula is C14H16BrN3O4. The van der Waals surface area contributed by atoms with Crippen molar-refractivity contribution in [3.63, 3.8) is 0 Å². The van der Waals surface area contributed by atoms with Gasteiger partial charge in [0, 0.05) is 10.5 Å². The molecule has 1 atom stereocenters. The van der Waals surface area contributed by atoms with E-state index in [9.17, 15) is 14.4 Å². The Labute approximate surface area is 135 Å². The summed E-state index contributed by atoms with van der Waals surface area (Å²) in [6, 6.07) is 7.05. The van der Waals surface area contributed by atoms with Gasteiger partial charge in [-0.3, -0.25) is 25.2 Å². The van der Waals surface area contributed by atoms with Gasteiger partial charge in [-0.25, -0.2) is 0 Å². The zero-order chi connectivity index (χ0) is 16.1. The molecule has 3 N–H and O–H groups in total. The smallest absolute Gasteiger partial charge is 0.327 e. The fourth-order valence-electron chi connectivity index (χ4n) is 1.53. The second-order valence-corrected chi connectivity index (χ2v) is 5.82. The number of hydrogen-bond acceptors (Lipinski definition) is 4. The SMILES string of the molecule is C[C@H](Oc1ccc(Br)cc1)C(=O)NNC(=O)C(=O)NC1CC1. The summed E-state index contributed by atoms with van der Waals surface area (Å²) < 4.78 is 6.31. The van der Waals surface area contributed by atoms with E-state index < -0.39 is 23.8 Å². The number of carbonyl (C=O) groups is 3. The normalized spacial score (nSPS) is 14.6. The maximum Gasteiger partial charge on any atom is 0.327 e. The average molecular weight is 370 g/mol. The number of benzene rings is 1. The summed E-state index contributed by atoms with van der Waals surface area (Å²) in [5.74, 6) is -1.71. The van der Waals surface area contributed by atoms with Crippen LogP contribution in [0.1, 0.15) is 19.8 Å². The number of hydrazine groups is 1. The molecule has 0 spiro atoms. The molecule has 7 nitrogen and oxygen atoms in total. The molecule has 1 aromatic rings. The maximum absolute atomic E-state index is 11.8. The van der Waals surface area contributed by atoms with Gasteiger partial charge in [-0.15, -0.1) is 0 Å². The molecule has 0 heterocycles. The van der Waals surface area contributed by atoms with Crippen molar-refractivity contribution in [2.45, 2.75) is 31.9 Å². The van der Waals surface area contributed by atoms with Crippen LogP contribution in [0.2, 0.25) is 0 Å². The molecule has 1 aliphatic carbocycles. The fraction of sp³-hybridized carbons (Fsp3) is 0.357. The van der Waals surface area contributed by atoms with E-state index in [1.54, 1.807) is 24.3 Å². The highest BCUT2D eigenvalue weighted by Gasteiger charge is 2.26. The molecule has 1 saturated carbocycles. The summed E-state index contributed by atoms with van der Waals surface area (Å²) in [7, 11) is 0. The molecule has 1 aromatic carbocycles. The lowest BCUT2D eigenvalue weighted by Crippen LogP contribution is -2.51. The summed E-state index contributed by atoms with van der Waals surface area (Å²) in [6.45, 7) is 1.54. The van der Waals surface area contributed by atoms with Crippen molar-refractivity contribution in [3.8, 4) is 5.75 Å². The van der Waals surface area contributed by atoms with Crippen LogP contribution in [0.25, 0.3) is 0 Å². The minimum atomic E-state index is -0.906. The molecule has 3 amide bonds. The highest BCUT2D eigenvalue weighted by atomic mass is 79.9. The van der Waals surface area contributed by atoms with E-state index in [-0.39, 0.29) is 6.04 Å². The van der Waals surface area contributed by atoms with E-state index in [4.69, 9.17) is 4.74 Å². The summed E-state index contributed by atoms with van der Waals surface area (Å²) in [4.78, 5) is 34.6. The number of ether oxygens (including phenoxy) is 1. The van der Waals surface area contributed by atoms with Crippen LogP contribution in [0, 0.1) is 0 Å². The lowest BCUT2D eigenvalue weighted by Gasteiger charge is -2.15. The van der Waals surface area contributed by atoms with Crippen LogP contribution in [-0.2, 0) is 14.4 Å². The summed E-state index contributed by atoms with van der Waals surface area (Å²) in [5.41, 5.74) is 4.21. The number of rotatable bonds is 4. The Hall–Kier alpha value is -2.09. The first-order chi connectivity index (χ1) is 10.5. The Morgan fingerprint density at radius 3 is 2.36 bits per heavy atom. The molecule has 1 aliphatic rings. The number of amides is 3. The standard InChI is InChI=1S/C14H16BrN3O4/c1-8(22-11-6-2-9(15)3-7-11)12(19)17-18-14(21)13(20)16-10-4-5-10/h2-3,6-8,10H,4-5H2,1H3,(H,16,20)(H,17,19)(H,18,21)/t8-/m0/s1. The third-order valence-corrected chi connectivity index (χ3v) is 3.44. The maximum atomic E-state index is 11.8. The lowest BCUT2D eigenvalue weighted by atomic mass is 10.3. The predicted molar refractivity (Wildman–Crippen MR) is 81.7 cm³/mol. The zero-order valence-electron chi connectivity index (χ0n) is 11.9. The van der Waals surface area contributed by atoms with E-state index in [1.165, 1.54) is 6.92 Å². The Morgan fingerprint density at radius 1 is 1.14 bits per heavy atom. The highest BCUT2D eigenvalue weighted by Crippen LogP contribution is 2.18. The van der Waals surface area contributed by atoms with Gasteiger partial charge in [-0.2, -0.15) is 0 Å². The van der Waals surface area contributed by atoms with Gasteiger partial charge in [-0.1, -0.05) is 15.9 Å². The van der Waals surface area contributed by atoms with Crippen LogP contribution in [-0.4, -0.2) is 29.9 Å². The molecule has 0 aliphatic heterocycles. The Kier molecular flexibility index (Phi) is 5.37. The average Bonchev–Trinajstić information content (AvgIpc) is 3.30. The molecule has 1 fully saturated rings. The van der Waals surface area contributed by atoms with Gasteiger partial charge in [0.2, 0.25) is 0 Å². The fourth-order valence-corrected chi connectivity index (χ4v) is 1.79. The lowest BCUT2D eigenvalue weighted by molar-refractivity contribution is -0.141. The van der Waals surface area contributed by atoms with Gasteiger partial charge in [0.1, 0.15) is 5.75 Å². The molecule has 2 rings (SSSR count). The molecule has 8 heteroatoms. The van der Waals surface area contributed by atoms with Crippen LogP contribution >= 0.6 is 15.9 Å². The van der Waals surface area contributed by atoms with Gasteiger partial charge < -0.3 is 10.1 Å². The molecule has 0 radical (unpaired) electrons. The first-order valence-electron chi connectivity index (χ1n) is 6.78. The predicted octanol–water partition coefficient (Wildman–Crippen LogP) is 0.642. The van der Waals surface area contributed by atoms with E-state index in [1.807, 2.05) is 0 Å². The van der Waals surface area contributed by atoms with Crippen molar-refractivity contribution >= 4 is 33.7 Å². The van der Waals surface area contributed by atoms with E-state index in [0.29, 0.717) is 5.75 Å². The Bertz CT molecular complexity index is 572. The first-order valence-corrected chi connectivity index (χ1v) is 7.58. The molecule has 0 bridgehead atoms. The Balaban J connectivity index is 1.74. The van der Waals surface area contributed by atoms with Crippen LogP contribution < -0.4 is 20.9 Å². The van der Waals surface area contributed by atoms with Gasteiger partial charge in [0.25, 0.3) is 5.91 Å². The third-order valence-electron chi connectivity index (χ3n) is 2.91. The number of hydrogen-bond donors (Lipinski definition) is 3. The van der Waals surface area contributed by atoms with Crippen LogP contribution in [0.5, 0.6) is 5.75 Å².